The zero-order chi connectivity index (χ0) is 28.9. The predicted molar refractivity (Wildman–Crippen MR) is 156 cm³/mol. The van der Waals surface area contributed by atoms with Crippen molar-refractivity contribution in [3.63, 3.8) is 0 Å². The topological polar surface area (TPSA) is 172 Å². The van der Waals surface area contributed by atoms with E-state index in [4.69, 9.17) is 15.8 Å². The molecule has 3 aromatic carbocycles. The van der Waals surface area contributed by atoms with Crippen LogP contribution in [0.15, 0.2) is 77.6 Å². The molecule has 0 amide bonds. The van der Waals surface area contributed by atoms with Crippen LogP contribution in [0.4, 0.5) is 17.5 Å². The van der Waals surface area contributed by atoms with Crippen LogP contribution in [0.1, 0.15) is 33.0 Å². The largest absolute Gasteiger partial charge is 0.478 e. The van der Waals surface area contributed by atoms with Gasteiger partial charge in [-0.1, -0.05) is 36.4 Å². The highest BCUT2D eigenvalue weighted by Gasteiger charge is 2.17. The van der Waals surface area contributed by atoms with Crippen molar-refractivity contribution in [2.45, 2.75) is 19.9 Å². The van der Waals surface area contributed by atoms with E-state index in [1.165, 1.54) is 0 Å². The molecule has 0 unspecified atom stereocenters. The number of para-hydroxylation sites is 1. The molecule has 204 valence electrons. The number of aromatic nitrogens is 4. The smallest absolute Gasteiger partial charge is 0.335 e. The van der Waals surface area contributed by atoms with Gasteiger partial charge < -0.3 is 21.5 Å². The van der Waals surface area contributed by atoms with Crippen LogP contribution in [0.3, 0.4) is 0 Å². The molecular weight excluding hydrogens is 520 g/mol. The maximum absolute atomic E-state index is 14.0. The molecule has 0 saturated carbocycles. The molecule has 2 heterocycles. The molecule has 0 spiro atoms. The van der Waals surface area contributed by atoms with Crippen molar-refractivity contribution in [3.8, 4) is 11.8 Å². The van der Waals surface area contributed by atoms with Gasteiger partial charge in [0.25, 0.3) is 5.56 Å². The van der Waals surface area contributed by atoms with Gasteiger partial charge in [-0.05, 0) is 48.9 Å². The highest BCUT2D eigenvalue weighted by molar-refractivity contribution is 5.91. The van der Waals surface area contributed by atoms with Crippen LogP contribution in [0, 0.1) is 18.3 Å². The fourth-order valence-corrected chi connectivity index (χ4v) is 4.55. The number of nitrogens with zero attached hydrogens (tertiary/aromatic N) is 5. The average molecular weight is 547 g/mol. The number of aryl methyl sites for hydroxylation is 1. The Morgan fingerprint density at radius 3 is 2.46 bits per heavy atom. The summed E-state index contributed by atoms with van der Waals surface area (Å²) in [6.07, 6.45) is 0.349. The summed E-state index contributed by atoms with van der Waals surface area (Å²) in [6, 6.07) is 23.4. The van der Waals surface area contributed by atoms with Crippen LogP contribution in [-0.4, -0.2) is 37.1 Å². The van der Waals surface area contributed by atoms with Crippen LogP contribution in [0.25, 0.3) is 16.6 Å². The van der Waals surface area contributed by atoms with Crippen LogP contribution < -0.4 is 21.9 Å². The lowest BCUT2D eigenvalue weighted by molar-refractivity contribution is 0.0697. The second-order valence-electron chi connectivity index (χ2n) is 9.24. The van der Waals surface area contributed by atoms with Crippen molar-refractivity contribution in [1.29, 1.82) is 5.26 Å². The minimum absolute atomic E-state index is 0.0619. The standard InChI is InChI=1S/C30H26N8O3/c1-18-22(16-31)27(37-30(32)35-18)33-15-14-25-36-24-9-5-8-23(34-17-19-10-12-20(13-11-19)29(40)41)26(24)28(39)38(25)21-6-3-2-4-7-21/h2-13,34H,14-15,17H2,1H3,(H,40,41)(H3,32,33,35,37). The number of carboxylic acids is 1. The normalized spacial score (nSPS) is 10.7. The number of hydrogen-bond acceptors (Lipinski definition) is 9. The molecule has 11 heteroatoms. The summed E-state index contributed by atoms with van der Waals surface area (Å²) in [7, 11) is 0. The molecule has 0 aliphatic rings. The number of carboxylic acid groups (broad SMARTS) is 1. The Morgan fingerprint density at radius 2 is 1.76 bits per heavy atom. The summed E-state index contributed by atoms with van der Waals surface area (Å²) in [6.45, 7) is 2.41. The number of rotatable bonds is 9. The number of nitrogens with two attached hydrogens (primary N) is 1. The van der Waals surface area contributed by atoms with Crippen molar-refractivity contribution >= 4 is 34.3 Å². The van der Waals surface area contributed by atoms with Gasteiger partial charge in [0.05, 0.1) is 27.8 Å². The molecule has 0 atom stereocenters. The molecule has 11 nitrogen and oxygen atoms in total. The van der Waals surface area contributed by atoms with E-state index >= 15 is 0 Å². The van der Waals surface area contributed by atoms with E-state index in [9.17, 15) is 14.9 Å². The average Bonchev–Trinajstić information content (AvgIpc) is 2.96. The molecule has 0 aliphatic carbocycles. The number of anilines is 3. The van der Waals surface area contributed by atoms with E-state index in [0.717, 1.165) is 5.56 Å². The molecule has 2 aromatic heterocycles. The minimum Gasteiger partial charge on any atom is -0.478 e. The first-order chi connectivity index (χ1) is 19.9. The molecule has 5 aromatic rings. The third kappa shape index (κ3) is 5.67. The Morgan fingerprint density at radius 1 is 1.00 bits per heavy atom. The summed E-state index contributed by atoms with van der Waals surface area (Å²) < 4.78 is 1.58. The van der Waals surface area contributed by atoms with Crippen molar-refractivity contribution < 1.29 is 9.90 Å². The lowest BCUT2D eigenvalue weighted by Crippen LogP contribution is -2.26. The summed E-state index contributed by atoms with van der Waals surface area (Å²) in [4.78, 5) is 38.3. The second-order valence-corrected chi connectivity index (χ2v) is 9.24. The number of carbonyl (C=O) groups is 1. The molecule has 0 bridgehead atoms. The Labute approximate surface area is 235 Å². The van der Waals surface area contributed by atoms with Crippen LogP contribution in [0.5, 0.6) is 0 Å². The number of nitriles is 1. The maximum Gasteiger partial charge on any atom is 0.335 e. The first kappa shape index (κ1) is 26.8. The van der Waals surface area contributed by atoms with Crippen molar-refractivity contribution in [1.82, 2.24) is 19.5 Å². The second kappa shape index (κ2) is 11.5. The molecule has 0 fully saturated rings. The van der Waals surface area contributed by atoms with Crippen molar-refractivity contribution in [2.75, 3.05) is 22.9 Å². The minimum atomic E-state index is -0.987. The lowest BCUT2D eigenvalue weighted by atomic mass is 10.1. The number of benzene rings is 3. The zero-order valence-electron chi connectivity index (χ0n) is 22.1. The molecular formula is C30H26N8O3. The Bertz CT molecular complexity index is 1850. The van der Waals surface area contributed by atoms with E-state index in [-0.39, 0.29) is 17.1 Å². The molecule has 0 radical (unpaired) electrons. The SMILES string of the molecule is Cc1nc(N)nc(NCCc2nc3cccc(NCc4ccc(C(=O)O)cc4)c3c(=O)n2-c2ccccc2)c1C#N. The highest BCUT2D eigenvalue weighted by atomic mass is 16.4. The molecule has 5 N–H and O–H groups in total. The molecule has 0 saturated heterocycles. The van der Waals surface area contributed by atoms with E-state index in [0.29, 0.717) is 64.7 Å². The number of fused-ring (bicyclic) bond motifs is 1. The fourth-order valence-electron chi connectivity index (χ4n) is 4.55. The Balaban J connectivity index is 1.49. The Kier molecular flexibility index (Phi) is 7.56. The number of nitrogen functional groups attached to an aromatic ring is 1. The van der Waals surface area contributed by atoms with E-state index in [1.807, 2.05) is 42.5 Å². The van der Waals surface area contributed by atoms with Gasteiger partial charge in [0, 0.05) is 25.2 Å². The van der Waals surface area contributed by atoms with Crippen LogP contribution >= 0.6 is 0 Å². The van der Waals surface area contributed by atoms with Crippen molar-refractivity contribution in [2.24, 2.45) is 0 Å². The van der Waals surface area contributed by atoms with E-state index in [2.05, 4.69) is 26.7 Å². The monoisotopic (exact) mass is 546 g/mol. The van der Waals surface area contributed by atoms with Gasteiger partial charge in [0.1, 0.15) is 23.3 Å². The summed E-state index contributed by atoms with van der Waals surface area (Å²) in [5, 5.41) is 25.6. The number of hydrogen-bond donors (Lipinski definition) is 4. The van der Waals surface area contributed by atoms with E-state index in [1.54, 1.807) is 41.8 Å². The maximum atomic E-state index is 14.0. The first-order valence-corrected chi connectivity index (χ1v) is 12.8. The predicted octanol–water partition coefficient (Wildman–Crippen LogP) is 3.90. The van der Waals surface area contributed by atoms with Gasteiger partial charge in [-0.15, -0.1) is 0 Å². The van der Waals surface area contributed by atoms with E-state index < -0.39 is 5.97 Å². The van der Waals surface area contributed by atoms with Crippen LogP contribution in [-0.2, 0) is 13.0 Å². The quantitative estimate of drug-likeness (QED) is 0.212. The highest BCUT2D eigenvalue weighted by Crippen LogP contribution is 2.22. The van der Waals surface area contributed by atoms with Gasteiger partial charge in [0.15, 0.2) is 0 Å². The Hall–Kier alpha value is -5.76. The van der Waals surface area contributed by atoms with Gasteiger partial charge in [-0.25, -0.2) is 14.8 Å². The third-order valence-corrected chi connectivity index (χ3v) is 6.53. The lowest BCUT2D eigenvalue weighted by Gasteiger charge is -2.16. The zero-order valence-corrected chi connectivity index (χ0v) is 22.1. The fraction of sp³-hybridized carbons (Fsp3) is 0.133. The first-order valence-electron chi connectivity index (χ1n) is 12.8. The van der Waals surface area contributed by atoms with Crippen LogP contribution in [0.2, 0.25) is 0 Å². The number of nitrogens with one attached hydrogen (secondary N) is 2. The van der Waals surface area contributed by atoms with Gasteiger partial charge in [-0.2, -0.15) is 10.2 Å². The third-order valence-electron chi connectivity index (χ3n) is 6.53. The van der Waals surface area contributed by atoms with Gasteiger partial charge in [-0.3, -0.25) is 9.36 Å². The summed E-state index contributed by atoms with van der Waals surface area (Å²) >= 11 is 0. The molecule has 5 rings (SSSR count). The summed E-state index contributed by atoms with van der Waals surface area (Å²) in [5.41, 5.74) is 9.21. The summed E-state index contributed by atoms with van der Waals surface area (Å²) in [5.74, 6) is -0.0691. The van der Waals surface area contributed by atoms with Gasteiger partial charge >= 0.3 is 5.97 Å². The molecule has 0 aliphatic heterocycles. The number of aromatic carboxylic acids is 1. The van der Waals surface area contributed by atoms with Crippen molar-refractivity contribution in [3.05, 3.63) is 111 Å². The molecule has 41 heavy (non-hydrogen) atoms. The van der Waals surface area contributed by atoms with Gasteiger partial charge in [0.2, 0.25) is 5.95 Å².